The molecule has 5 heteroatoms. The van der Waals surface area contributed by atoms with E-state index in [1.165, 1.54) is 4.90 Å². The zero-order valence-corrected chi connectivity index (χ0v) is 12.9. The number of benzene rings is 2. The van der Waals surface area contributed by atoms with E-state index in [2.05, 4.69) is 5.32 Å². The first-order chi connectivity index (χ1) is 11.1. The standard InChI is InChI=1S/C18H16N2O3/c1-20-16(11-12-7-9-13(23-2)10-8-12)17(21)19-15-6-4-3-5-14(15)18(20)22/h3-11H,1-2H3,(H,19,21)/b16-11-. The first kappa shape index (κ1) is 14.8. The second-order valence-corrected chi connectivity index (χ2v) is 5.17. The molecule has 0 aliphatic carbocycles. The van der Waals surface area contributed by atoms with Crippen LogP contribution in [0.1, 0.15) is 15.9 Å². The highest BCUT2D eigenvalue weighted by Gasteiger charge is 2.27. The lowest BCUT2D eigenvalue weighted by molar-refractivity contribution is -0.113. The SMILES string of the molecule is COc1ccc(/C=C2/C(=O)Nc3ccccc3C(=O)N2C)cc1. The van der Waals surface area contributed by atoms with Crippen LogP contribution in [0.2, 0.25) is 0 Å². The Kier molecular flexibility index (Phi) is 3.85. The number of fused-ring (bicyclic) bond motifs is 1. The molecule has 116 valence electrons. The predicted molar refractivity (Wildman–Crippen MR) is 88.1 cm³/mol. The van der Waals surface area contributed by atoms with Crippen LogP contribution >= 0.6 is 0 Å². The Balaban J connectivity index is 2.01. The Labute approximate surface area is 134 Å². The van der Waals surface area contributed by atoms with E-state index in [0.717, 1.165) is 11.3 Å². The Morgan fingerprint density at radius 2 is 1.74 bits per heavy atom. The number of carbonyl (C=O) groups is 2. The quantitative estimate of drug-likeness (QED) is 0.868. The second kappa shape index (κ2) is 5.96. The first-order valence-corrected chi connectivity index (χ1v) is 7.14. The number of likely N-dealkylation sites (N-methyl/N-ethyl adjacent to an activating group) is 1. The number of ether oxygens (including phenoxy) is 1. The van der Waals surface area contributed by atoms with Crippen molar-refractivity contribution in [3.05, 3.63) is 65.4 Å². The number of hydrogen-bond donors (Lipinski definition) is 1. The zero-order valence-electron chi connectivity index (χ0n) is 12.9. The maximum absolute atomic E-state index is 12.6. The van der Waals surface area contributed by atoms with Gasteiger partial charge in [-0.1, -0.05) is 24.3 Å². The van der Waals surface area contributed by atoms with Gasteiger partial charge in [-0.3, -0.25) is 9.59 Å². The molecular weight excluding hydrogens is 292 g/mol. The van der Waals surface area contributed by atoms with Crippen LogP contribution in [-0.4, -0.2) is 30.9 Å². The molecule has 1 aliphatic heterocycles. The van der Waals surface area contributed by atoms with Crippen molar-refractivity contribution in [2.24, 2.45) is 0 Å². The number of amides is 2. The molecule has 1 heterocycles. The van der Waals surface area contributed by atoms with Crippen LogP contribution in [0.3, 0.4) is 0 Å². The maximum Gasteiger partial charge on any atom is 0.272 e. The summed E-state index contributed by atoms with van der Waals surface area (Å²) in [6, 6.07) is 14.2. The van der Waals surface area contributed by atoms with Gasteiger partial charge in [0, 0.05) is 7.05 Å². The summed E-state index contributed by atoms with van der Waals surface area (Å²) in [6.45, 7) is 0. The van der Waals surface area contributed by atoms with Crippen LogP contribution in [-0.2, 0) is 4.79 Å². The minimum Gasteiger partial charge on any atom is -0.497 e. The molecule has 5 nitrogen and oxygen atoms in total. The molecule has 0 unspecified atom stereocenters. The van der Waals surface area contributed by atoms with E-state index in [4.69, 9.17) is 4.74 Å². The summed E-state index contributed by atoms with van der Waals surface area (Å²) >= 11 is 0. The third-order valence-electron chi connectivity index (χ3n) is 3.72. The molecule has 0 fully saturated rings. The highest BCUT2D eigenvalue weighted by atomic mass is 16.5. The number of nitrogens with one attached hydrogen (secondary N) is 1. The largest absolute Gasteiger partial charge is 0.497 e. The van der Waals surface area contributed by atoms with E-state index in [1.807, 2.05) is 12.1 Å². The van der Waals surface area contributed by atoms with Crippen LogP contribution in [0, 0.1) is 0 Å². The Morgan fingerprint density at radius 1 is 1.04 bits per heavy atom. The molecule has 23 heavy (non-hydrogen) atoms. The fourth-order valence-electron chi connectivity index (χ4n) is 2.43. The van der Waals surface area contributed by atoms with Gasteiger partial charge in [0.05, 0.1) is 18.4 Å². The monoisotopic (exact) mass is 308 g/mol. The van der Waals surface area contributed by atoms with Crippen molar-refractivity contribution in [2.45, 2.75) is 0 Å². The number of anilines is 1. The van der Waals surface area contributed by atoms with Crippen LogP contribution in [0.4, 0.5) is 5.69 Å². The Hall–Kier alpha value is -3.08. The molecule has 2 amide bonds. The Bertz CT molecular complexity index is 794. The van der Waals surface area contributed by atoms with Gasteiger partial charge in [-0.2, -0.15) is 0 Å². The molecule has 2 aromatic carbocycles. The van der Waals surface area contributed by atoms with Crippen molar-refractivity contribution < 1.29 is 14.3 Å². The van der Waals surface area contributed by atoms with Gasteiger partial charge < -0.3 is 15.0 Å². The summed E-state index contributed by atoms with van der Waals surface area (Å²) in [5.74, 6) is 0.189. The van der Waals surface area contributed by atoms with Gasteiger partial charge in [-0.25, -0.2) is 0 Å². The molecule has 0 saturated heterocycles. The van der Waals surface area contributed by atoms with Crippen molar-refractivity contribution in [1.29, 1.82) is 0 Å². The van der Waals surface area contributed by atoms with E-state index < -0.39 is 0 Å². The molecule has 0 saturated carbocycles. The number of rotatable bonds is 2. The van der Waals surface area contributed by atoms with Crippen molar-refractivity contribution in [3.63, 3.8) is 0 Å². The van der Waals surface area contributed by atoms with Gasteiger partial charge in [-0.15, -0.1) is 0 Å². The number of carbonyl (C=O) groups excluding carboxylic acids is 2. The average molecular weight is 308 g/mol. The molecule has 2 aromatic rings. The summed E-state index contributed by atoms with van der Waals surface area (Å²) in [7, 11) is 3.19. The van der Waals surface area contributed by atoms with E-state index in [9.17, 15) is 9.59 Å². The van der Waals surface area contributed by atoms with Gasteiger partial charge in [0.25, 0.3) is 11.8 Å². The van der Waals surface area contributed by atoms with Crippen LogP contribution in [0.25, 0.3) is 6.08 Å². The number of para-hydroxylation sites is 1. The van der Waals surface area contributed by atoms with Gasteiger partial charge in [0.1, 0.15) is 11.4 Å². The lowest BCUT2D eigenvalue weighted by atomic mass is 10.1. The summed E-state index contributed by atoms with van der Waals surface area (Å²) in [4.78, 5) is 26.4. The molecule has 1 aliphatic rings. The summed E-state index contributed by atoms with van der Waals surface area (Å²) < 4.78 is 5.12. The lowest BCUT2D eigenvalue weighted by Gasteiger charge is -2.16. The van der Waals surface area contributed by atoms with Crippen LogP contribution in [0.15, 0.2) is 54.2 Å². The number of hydrogen-bond acceptors (Lipinski definition) is 3. The smallest absolute Gasteiger partial charge is 0.272 e. The minimum absolute atomic E-state index is 0.223. The molecule has 3 rings (SSSR count). The highest BCUT2D eigenvalue weighted by Crippen LogP contribution is 2.25. The fourth-order valence-corrected chi connectivity index (χ4v) is 2.43. The van der Waals surface area contributed by atoms with Gasteiger partial charge in [-0.05, 0) is 35.9 Å². The van der Waals surface area contributed by atoms with Crippen molar-refractivity contribution >= 4 is 23.6 Å². The molecular formula is C18H16N2O3. The summed E-state index contributed by atoms with van der Waals surface area (Å²) in [5, 5.41) is 2.78. The van der Waals surface area contributed by atoms with E-state index in [-0.39, 0.29) is 17.5 Å². The molecule has 0 radical (unpaired) electrons. The topological polar surface area (TPSA) is 58.6 Å². The molecule has 0 bridgehead atoms. The van der Waals surface area contributed by atoms with E-state index >= 15 is 0 Å². The zero-order chi connectivity index (χ0) is 16.4. The number of methoxy groups -OCH3 is 1. The maximum atomic E-state index is 12.6. The molecule has 0 aromatic heterocycles. The fraction of sp³-hybridized carbons (Fsp3) is 0.111. The lowest BCUT2D eigenvalue weighted by Crippen LogP contribution is -2.29. The highest BCUT2D eigenvalue weighted by molar-refractivity contribution is 6.16. The van der Waals surface area contributed by atoms with E-state index in [0.29, 0.717) is 11.3 Å². The minimum atomic E-state index is -0.318. The number of nitrogens with zero attached hydrogens (tertiary/aromatic N) is 1. The molecule has 1 N–H and O–H groups in total. The Morgan fingerprint density at radius 3 is 2.43 bits per heavy atom. The third kappa shape index (κ3) is 2.81. The van der Waals surface area contributed by atoms with Crippen LogP contribution < -0.4 is 10.1 Å². The average Bonchev–Trinajstić information content (AvgIpc) is 2.66. The van der Waals surface area contributed by atoms with Crippen LogP contribution in [0.5, 0.6) is 5.75 Å². The van der Waals surface area contributed by atoms with Gasteiger partial charge in [0.15, 0.2) is 0 Å². The third-order valence-corrected chi connectivity index (χ3v) is 3.72. The second-order valence-electron chi connectivity index (χ2n) is 5.17. The van der Waals surface area contributed by atoms with Crippen molar-refractivity contribution in [2.75, 3.05) is 19.5 Å². The van der Waals surface area contributed by atoms with Gasteiger partial charge >= 0.3 is 0 Å². The molecule has 0 atom stereocenters. The predicted octanol–water partition coefficient (Wildman–Crippen LogP) is 2.76. The van der Waals surface area contributed by atoms with Crippen molar-refractivity contribution in [3.8, 4) is 5.75 Å². The summed E-state index contributed by atoms with van der Waals surface area (Å²) in [5.41, 5.74) is 2.09. The van der Waals surface area contributed by atoms with Gasteiger partial charge in [0.2, 0.25) is 0 Å². The molecule has 0 spiro atoms. The van der Waals surface area contributed by atoms with Crippen molar-refractivity contribution in [1.82, 2.24) is 4.90 Å². The van der Waals surface area contributed by atoms with E-state index in [1.54, 1.807) is 56.6 Å². The normalized spacial score (nSPS) is 15.9. The first-order valence-electron chi connectivity index (χ1n) is 7.14. The summed E-state index contributed by atoms with van der Waals surface area (Å²) in [6.07, 6.45) is 1.68.